The minimum absolute atomic E-state index is 0.146. The molecule has 0 bridgehead atoms. The number of hydrogen-bond acceptors (Lipinski definition) is 3. The van der Waals surface area contributed by atoms with Gasteiger partial charge < -0.3 is 10.6 Å². The Morgan fingerprint density at radius 3 is 3.11 bits per heavy atom. The molecule has 1 aromatic rings. The molecule has 0 aliphatic carbocycles. The normalized spacial score (nSPS) is 19.2. The van der Waals surface area contributed by atoms with Crippen molar-refractivity contribution < 1.29 is 4.79 Å². The van der Waals surface area contributed by atoms with E-state index in [1.54, 1.807) is 0 Å². The average molecular weight is 262 g/mol. The lowest BCUT2D eigenvalue weighted by molar-refractivity contribution is 0.0640. The Morgan fingerprint density at radius 1 is 1.56 bits per heavy atom. The highest BCUT2D eigenvalue weighted by molar-refractivity contribution is 7.14. The Hall–Kier alpha value is -1.31. The summed E-state index contributed by atoms with van der Waals surface area (Å²) in [5, 5.41) is 0. The second-order valence-corrected chi connectivity index (χ2v) is 5.60. The molecule has 0 spiro atoms. The van der Waals surface area contributed by atoms with E-state index in [1.807, 2.05) is 17.0 Å². The number of hydrogen-bond donors (Lipinski definition) is 1. The molecule has 1 amide bonds. The van der Waals surface area contributed by atoms with Crippen LogP contribution in [0.3, 0.4) is 0 Å². The van der Waals surface area contributed by atoms with Crippen molar-refractivity contribution in [1.82, 2.24) is 4.90 Å². The Morgan fingerprint density at radius 2 is 2.39 bits per heavy atom. The van der Waals surface area contributed by atoms with Gasteiger partial charge in [-0.15, -0.1) is 11.3 Å². The fourth-order valence-electron chi connectivity index (χ4n) is 2.20. The lowest BCUT2D eigenvalue weighted by Crippen LogP contribution is -2.41. The highest BCUT2D eigenvalue weighted by Gasteiger charge is 2.24. The first-order chi connectivity index (χ1) is 8.72. The molecule has 1 aromatic heterocycles. The molecule has 4 heteroatoms. The number of amides is 1. The van der Waals surface area contributed by atoms with Gasteiger partial charge in [0.1, 0.15) is 0 Å². The van der Waals surface area contributed by atoms with Crippen LogP contribution in [0, 0.1) is 11.8 Å². The van der Waals surface area contributed by atoms with Gasteiger partial charge in [-0.1, -0.05) is 11.8 Å². The fraction of sp³-hybridized carbons (Fsp3) is 0.500. The van der Waals surface area contributed by atoms with E-state index in [0.29, 0.717) is 12.6 Å². The number of likely N-dealkylation sites (tertiary alicyclic amines) is 1. The standard InChI is InChI=1S/C14H18N2OS/c1-11-5-2-3-10-16(11)14(17)13-8-7-12(18-13)6-4-9-15/h7-8,11H,2-3,5,9-10,15H2,1H3. The minimum atomic E-state index is 0.146. The maximum atomic E-state index is 12.4. The topological polar surface area (TPSA) is 46.3 Å². The molecule has 0 radical (unpaired) electrons. The second kappa shape index (κ2) is 6.03. The zero-order chi connectivity index (χ0) is 13.0. The van der Waals surface area contributed by atoms with Crippen molar-refractivity contribution in [1.29, 1.82) is 0 Å². The van der Waals surface area contributed by atoms with E-state index in [1.165, 1.54) is 17.8 Å². The summed E-state index contributed by atoms with van der Waals surface area (Å²) in [6.07, 6.45) is 3.45. The number of carbonyl (C=O) groups is 1. The first kappa shape index (κ1) is 13.1. The third kappa shape index (κ3) is 2.92. The number of nitrogens with two attached hydrogens (primary N) is 1. The first-order valence-corrected chi connectivity index (χ1v) is 7.13. The van der Waals surface area contributed by atoms with Crippen LogP contribution < -0.4 is 5.73 Å². The zero-order valence-corrected chi connectivity index (χ0v) is 11.4. The first-order valence-electron chi connectivity index (χ1n) is 6.32. The molecular formula is C14H18N2OS. The van der Waals surface area contributed by atoms with Crippen LogP contribution in [0.1, 0.15) is 40.7 Å². The van der Waals surface area contributed by atoms with Gasteiger partial charge in [-0.2, -0.15) is 0 Å². The van der Waals surface area contributed by atoms with Crippen LogP contribution in [0.4, 0.5) is 0 Å². The molecule has 18 heavy (non-hydrogen) atoms. The van der Waals surface area contributed by atoms with E-state index >= 15 is 0 Å². The predicted octanol–water partition coefficient (Wildman–Crippen LogP) is 2.07. The van der Waals surface area contributed by atoms with Gasteiger partial charge >= 0.3 is 0 Å². The van der Waals surface area contributed by atoms with Gasteiger partial charge in [-0.3, -0.25) is 4.79 Å². The summed E-state index contributed by atoms with van der Waals surface area (Å²) in [7, 11) is 0. The molecule has 3 nitrogen and oxygen atoms in total. The van der Waals surface area contributed by atoms with Crippen molar-refractivity contribution in [3.8, 4) is 11.8 Å². The Balaban J connectivity index is 2.10. The maximum absolute atomic E-state index is 12.4. The van der Waals surface area contributed by atoms with Crippen LogP contribution in [0.25, 0.3) is 0 Å². The third-order valence-corrected chi connectivity index (χ3v) is 4.18. The van der Waals surface area contributed by atoms with Crippen LogP contribution in [0.15, 0.2) is 12.1 Å². The lowest BCUT2D eigenvalue weighted by Gasteiger charge is -2.33. The van der Waals surface area contributed by atoms with Gasteiger partial charge in [-0.05, 0) is 38.3 Å². The summed E-state index contributed by atoms with van der Waals surface area (Å²) in [6, 6.07) is 4.12. The van der Waals surface area contributed by atoms with Gasteiger partial charge in [0.15, 0.2) is 0 Å². The summed E-state index contributed by atoms with van der Waals surface area (Å²) < 4.78 is 0. The molecular weight excluding hydrogens is 244 g/mol. The zero-order valence-electron chi connectivity index (χ0n) is 10.6. The third-order valence-electron chi connectivity index (χ3n) is 3.19. The summed E-state index contributed by atoms with van der Waals surface area (Å²) in [6.45, 7) is 3.35. The van der Waals surface area contributed by atoms with Crippen molar-refractivity contribution in [2.75, 3.05) is 13.1 Å². The molecule has 1 fully saturated rings. The molecule has 1 aliphatic heterocycles. The summed E-state index contributed by atoms with van der Waals surface area (Å²) in [5.74, 6) is 5.92. The van der Waals surface area contributed by atoms with Crippen LogP contribution in [0.2, 0.25) is 0 Å². The molecule has 0 aromatic carbocycles. The SMILES string of the molecule is CC1CCCCN1C(=O)c1ccc(C#CCN)s1. The number of piperidine rings is 1. The Bertz CT molecular complexity index is 483. The van der Waals surface area contributed by atoms with Gasteiger partial charge in [0.05, 0.1) is 16.3 Å². The van der Waals surface area contributed by atoms with Crippen LogP contribution >= 0.6 is 11.3 Å². The number of nitrogens with zero attached hydrogens (tertiary/aromatic N) is 1. The molecule has 2 heterocycles. The monoisotopic (exact) mass is 262 g/mol. The smallest absolute Gasteiger partial charge is 0.264 e. The molecule has 1 aliphatic rings. The van der Waals surface area contributed by atoms with Gasteiger partial charge in [0, 0.05) is 12.6 Å². The van der Waals surface area contributed by atoms with Gasteiger partial charge in [0.2, 0.25) is 0 Å². The lowest BCUT2D eigenvalue weighted by atomic mass is 10.0. The number of rotatable bonds is 1. The van der Waals surface area contributed by atoms with E-state index in [4.69, 9.17) is 5.73 Å². The largest absolute Gasteiger partial charge is 0.335 e. The van der Waals surface area contributed by atoms with Crippen molar-refractivity contribution in [2.45, 2.75) is 32.2 Å². The van der Waals surface area contributed by atoms with Gasteiger partial charge in [-0.25, -0.2) is 0 Å². The molecule has 1 atom stereocenters. The minimum Gasteiger partial charge on any atom is -0.335 e. The highest BCUT2D eigenvalue weighted by atomic mass is 32.1. The number of thiophene rings is 1. The average Bonchev–Trinajstić information content (AvgIpc) is 2.85. The highest BCUT2D eigenvalue weighted by Crippen LogP contribution is 2.23. The van der Waals surface area contributed by atoms with E-state index in [9.17, 15) is 4.79 Å². The van der Waals surface area contributed by atoms with Crippen molar-refractivity contribution in [3.05, 3.63) is 21.9 Å². The van der Waals surface area contributed by atoms with Crippen molar-refractivity contribution >= 4 is 17.2 Å². The van der Waals surface area contributed by atoms with E-state index < -0.39 is 0 Å². The van der Waals surface area contributed by atoms with Crippen LogP contribution in [-0.2, 0) is 0 Å². The van der Waals surface area contributed by atoms with Crippen LogP contribution in [0.5, 0.6) is 0 Å². The van der Waals surface area contributed by atoms with E-state index in [-0.39, 0.29) is 5.91 Å². The number of carbonyl (C=O) groups excluding carboxylic acids is 1. The van der Waals surface area contributed by atoms with Gasteiger partial charge in [0.25, 0.3) is 5.91 Å². The molecule has 96 valence electrons. The quantitative estimate of drug-likeness (QED) is 0.788. The molecule has 2 rings (SSSR count). The summed E-state index contributed by atoms with van der Waals surface area (Å²) >= 11 is 1.46. The second-order valence-electron chi connectivity index (χ2n) is 4.51. The van der Waals surface area contributed by atoms with E-state index in [2.05, 4.69) is 18.8 Å². The Labute approximate surface area is 112 Å². The molecule has 0 saturated carbocycles. The Kier molecular flexibility index (Phi) is 4.40. The molecule has 1 saturated heterocycles. The molecule has 1 unspecified atom stereocenters. The van der Waals surface area contributed by atoms with Crippen LogP contribution in [-0.4, -0.2) is 29.9 Å². The predicted molar refractivity (Wildman–Crippen MR) is 74.6 cm³/mol. The fourth-order valence-corrected chi connectivity index (χ4v) is 3.04. The van der Waals surface area contributed by atoms with Crippen molar-refractivity contribution in [2.24, 2.45) is 5.73 Å². The van der Waals surface area contributed by atoms with Crippen molar-refractivity contribution in [3.63, 3.8) is 0 Å². The summed E-state index contributed by atoms with van der Waals surface area (Å²) in [4.78, 5) is 16.0. The maximum Gasteiger partial charge on any atom is 0.264 e. The van der Waals surface area contributed by atoms with E-state index in [0.717, 1.165) is 29.1 Å². The summed E-state index contributed by atoms with van der Waals surface area (Å²) in [5.41, 5.74) is 5.33. The molecule has 2 N–H and O–H groups in total.